The molecule has 0 aliphatic carbocycles. The summed E-state index contributed by atoms with van der Waals surface area (Å²) in [6.07, 6.45) is 8.05. The van der Waals surface area contributed by atoms with Crippen LogP contribution < -0.4 is 5.32 Å². The minimum absolute atomic E-state index is 0.178. The molecule has 1 aliphatic rings. The lowest BCUT2D eigenvalue weighted by atomic mass is 9.89. The summed E-state index contributed by atoms with van der Waals surface area (Å²) in [4.78, 5) is 2.40. The smallest absolute Gasteiger partial charge is 0.0743 e. The van der Waals surface area contributed by atoms with Crippen LogP contribution in [0.5, 0.6) is 0 Å². The van der Waals surface area contributed by atoms with Crippen LogP contribution in [0.1, 0.15) is 33.6 Å². The molecule has 2 heteroatoms. The molecule has 0 aromatic rings. The van der Waals surface area contributed by atoms with Gasteiger partial charge in [0.05, 0.1) is 5.54 Å². The van der Waals surface area contributed by atoms with Gasteiger partial charge < -0.3 is 4.90 Å². The summed E-state index contributed by atoms with van der Waals surface area (Å²) in [7, 11) is 2.19. The Kier molecular flexibility index (Phi) is 4.19. The van der Waals surface area contributed by atoms with Crippen LogP contribution in [-0.4, -0.2) is 36.6 Å². The number of hydrogen-bond donors (Lipinski definition) is 1. The average molecular weight is 208 g/mol. The number of nitrogens with one attached hydrogen (secondary N) is 1. The monoisotopic (exact) mass is 208 g/mol. The number of piperidine rings is 1. The summed E-state index contributed by atoms with van der Waals surface area (Å²) in [5, 5.41) is 3.54. The molecule has 0 amide bonds. The Hall–Kier alpha value is -0.520. The molecule has 1 rings (SSSR count). The van der Waals surface area contributed by atoms with Gasteiger partial charge in [-0.1, -0.05) is 5.92 Å². The number of hydrogen-bond acceptors (Lipinski definition) is 2. The maximum atomic E-state index is 5.49. The molecule has 1 heterocycles. The first-order valence-corrected chi connectivity index (χ1v) is 5.88. The van der Waals surface area contributed by atoms with E-state index < -0.39 is 0 Å². The fourth-order valence-electron chi connectivity index (χ4n) is 2.26. The van der Waals surface area contributed by atoms with E-state index in [1.165, 1.54) is 25.9 Å². The summed E-state index contributed by atoms with van der Waals surface area (Å²) in [6, 6.07) is 0.518. The first-order chi connectivity index (χ1) is 6.94. The molecule has 0 spiro atoms. The maximum absolute atomic E-state index is 5.49. The third-order valence-electron chi connectivity index (χ3n) is 3.42. The molecule has 1 N–H and O–H groups in total. The van der Waals surface area contributed by atoms with Crippen LogP contribution in [-0.2, 0) is 0 Å². The third-order valence-corrected chi connectivity index (χ3v) is 3.42. The predicted molar refractivity (Wildman–Crippen MR) is 65.7 cm³/mol. The van der Waals surface area contributed by atoms with Crippen molar-refractivity contribution in [1.29, 1.82) is 0 Å². The summed E-state index contributed by atoms with van der Waals surface area (Å²) in [5.74, 6) is 3.57. The minimum Gasteiger partial charge on any atom is -0.306 e. The van der Waals surface area contributed by atoms with Crippen molar-refractivity contribution in [1.82, 2.24) is 10.2 Å². The van der Waals surface area contributed by atoms with E-state index in [1.54, 1.807) is 0 Å². The molecule has 1 saturated heterocycles. The van der Waals surface area contributed by atoms with Gasteiger partial charge in [0.25, 0.3) is 0 Å². The van der Waals surface area contributed by atoms with Gasteiger partial charge in [-0.05, 0) is 59.7 Å². The Balaban J connectivity index is 2.41. The lowest BCUT2D eigenvalue weighted by molar-refractivity contribution is 0.180. The van der Waals surface area contributed by atoms with E-state index in [1.807, 2.05) is 0 Å². The maximum Gasteiger partial charge on any atom is 0.0743 e. The number of nitrogens with zero attached hydrogens (tertiary/aromatic N) is 1. The van der Waals surface area contributed by atoms with Crippen molar-refractivity contribution < 1.29 is 0 Å². The molecule has 0 radical (unpaired) electrons. The van der Waals surface area contributed by atoms with Crippen molar-refractivity contribution in [3.05, 3.63) is 0 Å². The number of rotatable bonds is 3. The second-order valence-corrected chi connectivity index (χ2v) is 5.34. The predicted octanol–water partition coefficient (Wildman–Crippen LogP) is 1.72. The molecule has 15 heavy (non-hydrogen) atoms. The van der Waals surface area contributed by atoms with Crippen LogP contribution in [0, 0.1) is 18.3 Å². The zero-order chi connectivity index (χ0) is 11.5. The van der Waals surface area contributed by atoms with Crippen molar-refractivity contribution in [2.45, 2.75) is 45.2 Å². The zero-order valence-electron chi connectivity index (χ0n) is 10.5. The van der Waals surface area contributed by atoms with E-state index in [-0.39, 0.29) is 5.54 Å². The van der Waals surface area contributed by atoms with E-state index in [2.05, 4.69) is 44.0 Å². The van der Waals surface area contributed by atoms with Crippen LogP contribution >= 0.6 is 0 Å². The molecular weight excluding hydrogens is 184 g/mol. The SMILES string of the molecule is C#CC(C)(C)NC(C)C1CCN(C)CC1. The third kappa shape index (κ3) is 3.85. The highest BCUT2D eigenvalue weighted by molar-refractivity contribution is 5.08. The van der Waals surface area contributed by atoms with Crippen molar-refractivity contribution >= 4 is 0 Å². The van der Waals surface area contributed by atoms with Crippen LogP contribution in [0.25, 0.3) is 0 Å². The van der Waals surface area contributed by atoms with E-state index in [4.69, 9.17) is 6.42 Å². The molecule has 0 bridgehead atoms. The molecule has 0 aromatic heterocycles. The Morgan fingerprint density at radius 1 is 1.40 bits per heavy atom. The van der Waals surface area contributed by atoms with E-state index in [0.717, 1.165) is 5.92 Å². The van der Waals surface area contributed by atoms with Gasteiger partial charge >= 0.3 is 0 Å². The summed E-state index contributed by atoms with van der Waals surface area (Å²) >= 11 is 0. The van der Waals surface area contributed by atoms with E-state index in [9.17, 15) is 0 Å². The van der Waals surface area contributed by atoms with Crippen LogP contribution in [0.2, 0.25) is 0 Å². The van der Waals surface area contributed by atoms with E-state index in [0.29, 0.717) is 6.04 Å². The highest BCUT2D eigenvalue weighted by atomic mass is 15.1. The fraction of sp³-hybridized carbons (Fsp3) is 0.846. The molecule has 2 nitrogen and oxygen atoms in total. The Morgan fingerprint density at radius 3 is 2.40 bits per heavy atom. The van der Waals surface area contributed by atoms with Gasteiger partial charge in [0.15, 0.2) is 0 Å². The lowest BCUT2D eigenvalue weighted by Gasteiger charge is -2.36. The fourth-order valence-corrected chi connectivity index (χ4v) is 2.26. The van der Waals surface area contributed by atoms with Crippen LogP contribution in [0.3, 0.4) is 0 Å². The van der Waals surface area contributed by atoms with Crippen molar-refractivity contribution in [2.75, 3.05) is 20.1 Å². The molecule has 0 saturated carbocycles. The van der Waals surface area contributed by atoms with Crippen LogP contribution in [0.4, 0.5) is 0 Å². The molecule has 0 aromatic carbocycles. The van der Waals surface area contributed by atoms with Gasteiger partial charge in [0.2, 0.25) is 0 Å². The van der Waals surface area contributed by atoms with Crippen molar-refractivity contribution in [2.24, 2.45) is 5.92 Å². The van der Waals surface area contributed by atoms with Gasteiger partial charge in [-0.15, -0.1) is 6.42 Å². The second-order valence-electron chi connectivity index (χ2n) is 5.34. The largest absolute Gasteiger partial charge is 0.306 e. The highest BCUT2D eigenvalue weighted by Crippen LogP contribution is 2.21. The second kappa shape index (κ2) is 5.01. The van der Waals surface area contributed by atoms with Crippen LogP contribution in [0.15, 0.2) is 0 Å². The topological polar surface area (TPSA) is 15.3 Å². The Bertz CT molecular complexity index is 231. The number of likely N-dealkylation sites (tertiary alicyclic amines) is 1. The molecule has 86 valence electrons. The summed E-state index contributed by atoms with van der Waals surface area (Å²) in [5.41, 5.74) is -0.178. The summed E-state index contributed by atoms with van der Waals surface area (Å²) in [6.45, 7) is 8.83. The zero-order valence-corrected chi connectivity index (χ0v) is 10.5. The highest BCUT2D eigenvalue weighted by Gasteiger charge is 2.25. The Morgan fingerprint density at radius 2 is 1.93 bits per heavy atom. The van der Waals surface area contributed by atoms with Gasteiger partial charge in [0, 0.05) is 6.04 Å². The van der Waals surface area contributed by atoms with Crippen molar-refractivity contribution in [3.8, 4) is 12.3 Å². The number of terminal acetylenes is 1. The summed E-state index contributed by atoms with van der Waals surface area (Å²) < 4.78 is 0. The van der Waals surface area contributed by atoms with Gasteiger partial charge in [0.1, 0.15) is 0 Å². The quantitative estimate of drug-likeness (QED) is 0.710. The normalized spacial score (nSPS) is 22.3. The standard InChI is InChI=1S/C13H24N2/c1-6-13(3,4)14-11(2)12-7-9-15(5)10-8-12/h1,11-12,14H,7-10H2,2-5H3. The first-order valence-electron chi connectivity index (χ1n) is 5.88. The van der Waals surface area contributed by atoms with Crippen molar-refractivity contribution in [3.63, 3.8) is 0 Å². The molecule has 1 fully saturated rings. The van der Waals surface area contributed by atoms with Gasteiger partial charge in [-0.3, -0.25) is 5.32 Å². The average Bonchev–Trinajstić information content (AvgIpc) is 2.18. The lowest BCUT2D eigenvalue weighted by Crippen LogP contribution is -2.49. The van der Waals surface area contributed by atoms with Gasteiger partial charge in [-0.25, -0.2) is 0 Å². The molecule has 1 atom stereocenters. The molecule has 1 aliphatic heterocycles. The first kappa shape index (κ1) is 12.5. The Labute approximate surface area is 94.4 Å². The molecule has 1 unspecified atom stereocenters. The van der Waals surface area contributed by atoms with Gasteiger partial charge in [-0.2, -0.15) is 0 Å². The minimum atomic E-state index is -0.178. The van der Waals surface area contributed by atoms with E-state index >= 15 is 0 Å². The molecular formula is C13H24N2.